The van der Waals surface area contributed by atoms with E-state index in [1.165, 1.54) is 6.07 Å². The Morgan fingerprint density at radius 2 is 1.31 bits per heavy atom. The summed E-state index contributed by atoms with van der Waals surface area (Å²) in [7, 11) is -9.89. The number of hydrogen-bond donors (Lipinski definition) is 0. The number of unbranched alkanes of at least 4 members (excludes halogenated alkanes) is 4. The molecule has 2 aromatic rings. The standard InChI is InChI=1S/C22H29F5OS/c1-3-5-7-9-18-10-12-19(13-11-18)20-14-15-21(28-16-8-6-4-2)22(17-20)29(23,24,25,26)27/h10-15,17H,3-9,16H2,1-2H3. The first-order valence-electron chi connectivity index (χ1n) is 10.0. The molecule has 2 rings (SSSR count). The number of hydrogen-bond acceptors (Lipinski definition) is 1. The Balaban J connectivity index is 2.32. The quantitative estimate of drug-likeness (QED) is 0.252. The molecule has 0 bridgehead atoms. The van der Waals surface area contributed by atoms with E-state index in [4.69, 9.17) is 4.74 Å². The second-order valence-corrected chi connectivity index (χ2v) is 9.72. The molecule has 0 saturated carbocycles. The van der Waals surface area contributed by atoms with Crippen LogP contribution in [0.5, 0.6) is 5.75 Å². The summed E-state index contributed by atoms with van der Waals surface area (Å²) in [6.45, 7) is 4.01. The van der Waals surface area contributed by atoms with Gasteiger partial charge in [-0.1, -0.05) is 89.3 Å². The molecule has 0 fully saturated rings. The van der Waals surface area contributed by atoms with Crippen LogP contribution in [0, 0.1) is 0 Å². The van der Waals surface area contributed by atoms with Crippen molar-refractivity contribution in [3.63, 3.8) is 0 Å². The minimum atomic E-state index is -9.89. The van der Waals surface area contributed by atoms with E-state index in [2.05, 4.69) is 6.92 Å². The molecule has 1 nitrogen and oxygen atoms in total. The molecule has 0 saturated heterocycles. The summed E-state index contributed by atoms with van der Waals surface area (Å²) in [6.07, 6.45) is 6.25. The summed E-state index contributed by atoms with van der Waals surface area (Å²) in [4.78, 5) is -1.95. The van der Waals surface area contributed by atoms with Crippen molar-refractivity contribution < 1.29 is 24.2 Å². The maximum absolute atomic E-state index is 13.6. The highest BCUT2D eigenvalue weighted by Crippen LogP contribution is 3.03. The summed E-state index contributed by atoms with van der Waals surface area (Å²) in [6, 6.07) is 9.93. The Bertz CT molecular complexity index is 801. The van der Waals surface area contributed by atoms with Crippen molar-refractivity contribution in [2.45, 2.75) is 63.7 Å². The zero-order chi connectivity index (χ0) is 21.6. The van der Waals surface area contributed by atoms with Crippen LogP contribution in [0.25, 0.3) is 11.1 Å². The van der Waals surface area contributed by atoms with Crippen molar-refractivity contribution >= 4 is 10.2 Å². The van der Waals surface area contributed by atoms with Gasteiger partial charge >= 0.3 is 10.2 Å². The lowest BCUT2D eigenvalue weighted by molar-refractivity contribution is 0.288. The lowest BCUT2D eigenvalue weighted by Gasteiger charge is -2.41. The van der Waals surface area contributed by atoms with E-state index in [1.807, 2.05) is 19.1 Å². The molecular weight excluding hydrogens is 407 g/mol. The minimum absolute atomic E-state index is 0.0273. The molecule has 0 radical (unpaired) electrons. The van der Waals surface area contributed by atoms with Crippen molar-refractivity contribution in [3.8, 4) is 16.9 Å². The van der Waals surface area contributed by atoms with Crippen LogP contribution in [-0.4, -0.2) is 6.61 Å². The van der Waals surface area contributed by atoms with E-state index in [9.17, 15) is 19.4 Å². The van der Waals surface area contributed by atoms with E-state index >= 15 is 0 Å². The first kappa shape index (κ1) is 23.5. The molecule has 0 N–H and O–H groups in total. The van der Waals surface area contributed by atoms with Gasteiger partial charge in [-0.2, -0.15) is 0 Å². The van der Waals surface area contributed by atoms with Crippen LogP contribution < -0.4 is 4.74 Å². The zero-order valence-corrected chi connectivity index (χ0v) is 17.7. The predicted octanol–water partition coefficient (Wildman–Crippen LogP) is 9.31. The summed E-state index contributed by atoms with van der Waals surface area (Å²) in [5.41, 5.74) is 1.63. The highest BCUT2D eigenvalue weighted by molar-refractivity contribution is 8.45. The van der Waals surface area contributed by atoms with E-state index in [0.29, 0.717) is 18.1 Å². The van der Waals surface area contributed by atoms with E-state index in [0.717, 1.165) is 50.2 Å². The van der Waals surface area contributed by atoms with E-state index in [1.54, 1.807) is 12.1 Å². The molecule has 0 aliphatic carbocycles. The Morgan fingerprint density at radius 1 is 0.724 bits per heavy atom. The van der Waals surface area contributed by atoms with Crippen LogP contribution >= 0.6 is 10.2 Å². The molecule has 0 amide bonds. The lowest BCUT2D eigenvalue weighted by atomic mass is 10.0. The molecule has 0 heterocycles. The maximum Gasteiger partial charge on any atom is 0.313 e. The third kappa shape index (κ3) is 7.21. The molecule has 0 aliphatic heterocycles. The Kier molecular flexibility index (Phi) is 6.93. The third-order valence-electron chi connectivity index (χ3n) is 4.72. The fourth-order valence-electron chi connectivity index (χ4n) is 3.09. The van der Waals surface area contributed by atoms with Gasteiger partial charge in [0.05, 0.1) is 6.61 Å². The van der Waals surface area contributed by atoms with Crippen molar-refractivity contribution in [1.82, 2.24) is 0 Å². The average molecular weight is 437 g/mol. The van der Waals surface area contributed by atoms with Gasteiger partial charge < -0.3 is 4.74 Å². The van der Waals surface area contributed by atoms with Crippen LogP contribution in [-0.2, 0) is 6.42 Å². The zero-order valence-electron chi connectivity index (χ0n) is 16.9. The molecule has 0 unspecified atom stereocenters. The van der Waals surface area contributed by atoms with Crippen molar-refractivity contribution in [1.29, 1.82) is 0 Å². The second-order valence-electron chi connectivity index (χ2n) is 7.34. The van der Waals surface area contributed by atoms with Crippen molar-refractivity contribution in [3.05, 3.63) is 48.0 Å². The van der Waals surface area contributed by atoms with E-state index in [-0.39, 0.29) is 12.2 Å². The van der Waals surface area contributed by atoms with Gasteiger partial charge in [0.15, 0.2) is 0 Å². The average Bonchev–Trinajstić information content (AvgIpc) is 2.64. The summed E-state index contributed by atoms with van der Waals surface area (Å²) >= 11 is 0. The SMILES string of the molecule is CCCCCOc1ccc(-c2ccc(CCCCC)cc2)cc1S(F)(F)(F)(F)F. The fraction of sp³-hybridized carbons (Fsp3) is 0.455. The predicted molar refractivity (Wildman–Crippen MR) is 112 cm³/mol. The molecule has 0 aromatic heterocycles. The smallest absolute Gasteiger partial charge is 0.313 e. The molecule has 0 atom stereocenters. The highest BCUT2D eigenvalue weighted by atomic mass is 32.5. The maximum atomic E-state index is 13.6. The molecular formula is C22H29F5OS. The summed E-state index contributed by atoms with van der Waals surface area (Å²) in [5, 5.41) is 0. The molecule has 7 heteroatoms. The topological polar surface area (TPSA) is 9.23 Å². The van der Waals surface area contributed by atoms with Crippen molar-refractivity contribution in [2.24, 2.45) is 0 Å². The third-order valence-corrected chi connectivity index (χ3v) is 5.87. The Labute approximate surface area is 170 Å². The first-order chi connectivity index (χ1) is 13.4. The number of benzene rings is 2. The van der Waals surface area contributed by atoms with Gasteiger partial charge in [-0.25, -0.2) is 0 Å². The largest absolute Gasteiger partial charge is 0.492 e. The van der Waals surface area contributed by atoms with Crippen LogP contribution in [0.2, 0.25) is 0 Å². The van der Waals surface area contributed by atoms with Crippen LogP contribution in [0.15, 0.2) is 47.4 Å². The minimum Gasteiger partial charge on any atom is -0.492 e. The summed E-state index contributed by atoms with van der Waals surface area (Å²) in [5.74, 6) is -0.805. The molecule has 2 aromatic carbocycles. The van der Waals surface area contributed by atoms with Crippen molar-refractivity contribution in [2.75, 3.05) is 6.61 Å². The molecule has 29 heavy (non-hydrogen) atoms. The number of halogens is 5. The fourth-order valence-corrected chi connectivity index (χ4v) is 3.94. The molecule has 164 valence electrons. The molecule has 0 aliphatic rings. The summed E-state index contributed by atoms with van der Waals surface area (Å²) < 4.78 is 73.3. The van der Waals surface area contributed by atoms with Gasteiger partial charge in [0.1, 0.15) is 10.6 Å². The first-order valence-corrected chi connectivity index (χ1v) is 12.0. The van der Waals surface area contributed by atoms with Gasteiger partial charge in [-0.3, -0.25) is 0 Å². The Morgan fingerprint density at radius 3 is 1.90 bits per heavy atom. The van der Waals surface area contributed by atoms with Crippen LogP contribution in [0.4, 0.5) is 19.4 Å². The molecule has 0 spiro atoms. The number of aryl methyl sites for hydroxylation is 1. The number of ether oxygens (including phenoxy) is 1. The van der Waals surface area contributed by atoms with E-state index < -0.39 is 20.9 Å². The van der Waals surface area contributed by atoms with Gasteiger partial charge in [0, 0.05) is 0 Å². The van der Waals surface area contributed by atoms with Crippen LogP contribution in [0.1, 0.15) is 57.9 Å². The lowest BCUT2D eigenvalue weighted by Crippen LogP contribution is -2.10. The normalized spacial score (nSPS) is 14.3. The van der Waals surface area contributed by atoms with Gasteiger partial charge in [0.2, 0.25) is 0 Å². The highest BCUT2D eigenvalue weighted by Gasteiger charge is 2.67. The van der Waals surface area contributed by atoms with Gasteiger partial charge in [-0.15, -0.1) is 0 Å². The van der Waals surface area contributed by atoms with Crippen LogP contribution in [0.3, 0.4) is 0 Å². The van der Waals surface area contributed by atoms with Gasteiger partial charge in [0.25, 0.3) is 0 Å². The Hall–Kier alpha value is -1.76. The second kappa shape index (κ2) is 8.54. The monoisotopic (exact) mass is 436 g/mol. The van der Waals surface area contributed by atoms with Gasteiger partial charge in [-0.05, 0) is 48.1 Å². The number of rotatable bonds is 11.